The maximum atomic E-state index is 12.1. The van der Waals surface area contributed by atoms with Gasteiger partial charge in [-0.05, 0) is 45.7 Å². The van der Waals surface area contributed by atoms with E-state index in [2.05, 4.69) is 15.6 Å². The summed E-state index contributed by atoms with van der Waals surface area (Å²) in [7, 11) is 0. The molecule has 0 amide bonds. The van der Waals surface area contributed by atoms with E-state index < -0.39 is 0 Å². The normalized spacial score (nSPS) is 19.4. The van der Waals surface area contributed by atoms with Gasteiger partial charge >= 0.3 is 0 Å². The third-order valence-corrected chi connectivity index (χ3v) is 3.43. The summed E-state index contributed by atoms with van der Waals surface area (Å²) in [4.78, 5) is 16.2. The summed E-state index contributed by atoms with van der Waals surface area (Å²) in [6, 6.07) is 0.167. The molecule has 1 aliphatic heterocycles. The molecule has 5 heteroatoms. The van der Waals surface area contributed by atoms with Crippen molar-refractivity contribution in [2.75, 3.05) is 25.0 Å². The molecule has 1 aliphatic rings. The number of aromatic nitrogens is 2. The Morgan fingerprint density at radius 2 is 2.44 bits per heavy atom. The summed E-state index contributed by atoms with van der Waals surface area (Å²) in [5.74, 6) is 1.20. The van der Waals surface area contributed by atoms with Gasteiger partial charge in [0.25, 0.3) is 5.56 Å². The molecule has 2 heterocycles. The van der Waals surface area contributed by atoms with Crippen LogP contribution in [0.15, 0.2) is 17.2 Å². The zero-order valence-corrected chi connectivity index (χ0v) is 11.1. The van der Waals surface area contributed by atoms with Crippen LogP contribution in [-0.4, -0.2) is 29.2 Å². The Balaban J connectivity index is 1.92. The van der Waals surface area contributed by atoms with Gasteiger partial charge in [0, 0.05) is 25.0 Å². The Hall–Kier alpha value is -1.36. The molecule has 1 aromatic rings. The van der Waals surface area contributed by atoms with E-state index in [9.17, 15) is 4.79 Å². The Bertz CT molecular complexity index is 435. The molecule has 2 rings (SSSR count). The minimum atomic E-state index is -0.0305. The van der Waals surface area contributed by atoms with E-state index in [1.165, 1.54) is 6.42 Å². The van der Waals surface area contributed by atoms with Gasteiger partial charge < -0.3 is 15.2 Å². The molecule has 5 nitrogen and oxygen atoms in total. The maximum absolute atomic E-state index is 12.1. The van der Waals surface area contributed by atoms with Crippen molar-refractivity contribution in [3.8, 4) is 0 Å². The highest BCUT2D eigenvalue weighted by atomic mass is 16.1. The number of nitrogens with zero attached hydrogens (tertiary/aromatic N) is 2. The van der Waals surface area contributed by atoms with Crippen LogP contribution in [0.4, 0.5) is 5.82 Å². The van der Waals surface area contributed by atoms with E-state index in [1.54, 1.807) is 17.0 Å². The predicted octanol–water partition coefficient (Wildman–Crippen LogP) is 1.24. The second-order valence-electron chi connectivity index (χ2n) is 5.16. The first-order valence-corrected chi connectivity index (χ1v) is 6.70. The average molecular weight is 250 g/mol. The van der Waals surface area contributed by atoms with Gasteiger partial charge in [-0.15, -0.1) is 0 Å². The third-order valence-electron chi connectivity index (χ3n) is 3.43. The molecular formula is C13H22N4O. The molecule has 0 bridgehead atoms. The summed E-state index contributed by atoms with van der Waals surface area (Å²) in [6.45, 7) is 7.02. The molecule has 1 fully saturated rings. The van der Waals surface area contributed by atoms with Crippen molar-refractivity contribution in [1.82, 2.24) is 14.9 Å². The van der Waals surface area contributed by atoms with E-state index in [-0.39, 0.29) is 11.6 Å². The third kappa shape index (κ3) is 3.10. The molecule has 2 N–H and O–H groups in total. The van der Waals surface area contributed by atoms with E-state index in [0.29, 0.717) is 5.82 Å². The maximum Gasteiger partial charge on any atom is 0.293 e. The fourth-order valence-corrected chi connectivity index (χ4v) is 2.31. The zero-order chi connectivity index (χ0) is 13.0. The lowest BCUT2D eigenvalue weighted by atomic mass is 10.1. The Kier molecular flexibility index (Phi) is 4.36. The summed E-state index contributed by atoms with van der Waals surface area (Å²) in [5, 5.41) is 6.51. The molecule has 1 unspecified atom stereocenters. The van der Waals surface area contributed by atoms with Crippen LogP contribution in [0.3, 0.4) is 0 Å². The van der Waals surface area contributed by atoms with Gasteiger partial charge in [0.2, 0.25) is 0 Å². The molecule has 100 valence electrons. The monoisotopic (exact) mass is 250 g/mol. The van der Waals surface area contributed by atoms with Crippen LogP contribution in [0.1, 0.15) is 32.7 Å². The van der Waals surface area contributed by atoms with Crippen LogP contribution in [0, 0.1) is 5.92 Å². The predicted molar refractivity (Wildman–Crippen MR) is 73.0 cm³/mol. The zero-order valence-electron chi connectivity index (χ0n) is 11.1. The first kappa shape index (κ1) is 13.1. The summed E-state index contributed by atoms with van der Waals surface area (Å²) >= 11 is 0. The summed E-state index contributed by atoms with van der Waals surface area (Å²) < 4.78 is 1.70. The highest BCUT2D eigenvalue weighted by Crippen LogP contribution is 2.11. The van der Waals surface area contributed by atoms with Gasteiger partial charge in [0.1, 0.15) is 0 Å². The Labute approximate surface area is 108 Å². The molecule has 1 saturated heterocycles. The Morgan fingerprint density at radius 1 is 1.61 bits per heavy atom. The van der Waals surface area contributed by atoms with E-state index in [4.69, 9.17) is 0 Å². The van der Waals surface area contributed by atoms with Gasteiger partial charge in [-0.25, -0.2) is 4.98 Å². The second-order valence-corrected chi connectivity index (χ2v) is 5.16. The number of nitrogens with one attached hydrogen (secondary N) is 2. The minimum Gasteiger partial charge on any atom is -0.365 e. The molecule has 0 saturated carbocycles. The van der Waals surface area contributed by atoms with Gasteiger partial charge in [-0.1, -0.05) is 0 Å². The lowest BCUT2D eigenvalue weighted by Crippen LogP contribution is -2.26. The fourth-order valence-electron chi connectivity index (χ4n) is 2.31. The SMILES string of the molecule is CC(C)n1ccnc(NCCC2CCNC2)c1=O. The molecule has 0 radical (unpaired) electrons. The van der Waals surface area contributed by atoms with Crippen molar-refractivity contribution in [3.63, 3.8) is 0 Å². The topological polar surface area (TPSA) is 59.0 Å². The van der Waals surface area contributed by atoms with Crippen molar-refractivity contribution in [2.24, 2.45) is 5.92 Å². The van der Waals surface area contributed by atoms with E-state index in [0.717, 1.165) is 32.0 Å². The first-order chi connectivity index (χ1) is 8.68. The Morgan fingerprint density at radius 3 is 3.11 bits per heavy atom. The van der Waals surface area contributed by atoms with Crippen molar-refractivity contribution in [3.05, 3.63) is 22.7 Å². The molecule has 1 aromatic heterocycles. The van der Waals surface area contributed by atoms with Crippen LogP contribution in [0.5, 0.6) is 0 Å². The summed E-state index contributed by atoms with van der Waals surface area (Å²) in [6.07, 6.45) is 5.74. The number of hydrogen-bond donors (Lipinski definition) is 2. The number of rotatable bonds is 5. The van der Waals surface area contributed by atoms with Crippen LogP contribution in [-0.2, 0) is 0 Å². The molecular weight excluding hydrogens is 228 g/mol. The van der Waals surface area contributed by atoms with Crippen LogP contribution >= 0.6 is 0 Å². The van der Waals surface area contributed by atoms with Gasteiger partial charge in [-0.2, -0.15) is 0 Å². The highest BCUT2D eigenvalue weighted by molar-refractivity contribution is 5.30. The van der Waals surface area contributed by atoms with Crippen molar-refractivity contribution in [2.45, 2.75) is 32.7 Å². The van der Waals surface area contributed by atoms with Gasteiger partial charge in [0.05, 0.1) is 0 Å². The fraction of sp³-hybridized carbons (Fsp3) is 0.692. The van der Waals surface area contributed by atoms with Crippen molar-refractivity contribution in [1.29, 1.82) is 0 Å². The van der Waals surface area contributed by atoms with Crippen LogP contribution in [0.25, 0.3) is 0 Å². The number of hydrogen-bond acceptors (Lipinski definition) is 4. The highest BCUT2D eigenvalue weighted by Gasteiger charge is 2.14. The summed E-state index contributed by atoms with van der Waals surface area (Å²) in [5.41, 5.74) is -0.0305. The standard InChI is InChI=1S/C13H22N4O/c1-10(2)17-8-7-16-12(13(17)18)15-6-4-11-3-5-14-9-11/h7-8,10-11,14H,3-6,9H2,1-2H3,(H,15,16). The second kappa shape index (κ2) is 6.00. The van der Waals surface area contributed by atoms with Crippen molar-refractivity contribution < 1.29 is 0 Å². The van der Waals surface area contributed by atoms with Crippen LogP contribution < -0.4 is 16.2 Å². The minimum absolute atomic E-state index is 0.0305. The lowest BCUT2D eigenvalue weighted by molar-refractivity contribution is 0.546. The smallest absolute Gasteiger partial charge is 0.293 e. The molecule has 0 aromatic carbocycles. The lowest BCUT2D eigenvalue weighted by Gasteiger charge is -2.12. The largest absolute Gasteiger partial charge is 0.365 e. The van der Waals surface area contributed by atoms with Gasteiger partial charge in [0.15, 0.2) is 5.82 Å². The van der Waals surface area contributed by atoms with Gasteiger partial charge in [-0.3, -0.25) is 4.79 Å². The molecule has 18 heavy (non-hydrogen) atoms. The average Bonchev–Trinajstić information content (AvgIpc) is 2.84. The van der Waals surface area contributed by atoms with E-state index >= 15 is 0 Å². The molecule has 0 aliphatic carbocycles. The first-order valence-electron chi connectivity index (χ1n) is 6.70. The molecule has 0 spiro atoms. The van der Waals surface area contributed by atoms with E-state index in [1.807, 2.05) is 13.8 Å². The van der Waals surface area contributed by atoms with Crippen molar-refractivity contribution >= 4 is 5.82 Å². The quantitative estimate of drug-likeness (QED) is 0.825. The van der Waals surface area contributed by atoms with Crippen LogP contribution in [0.2, 0.25) is 0 Å². The number of anilines is 1. The molecule has 1 atom stereocenters.